The van der Waals surface area contributed by atoms with Gasteiger partial charge in [0.25, 0.3) is 0 Å². The van der Waals surface area contributed by atoms with Crippen LogP contribution in [0.2, 0.25) is 0 Å². The van der Waals surface area contributed by atoms with Crippen LogP contribution in [0.3, 0.4) is 0 Å². The first kappa shape index (κ1) is 42.3. The summed E-state index contributed by atoms with van der Waals surface area (Å²) >= 11 is 0. The number of hydrogen-bond acceptors (Lipinski definition) is 10. The topological polar surface area (TPSA) is 178 Å². The number of nitrogens with zero attached hydrogens (tertiary/aromatic N) is 5. The Morgan fingerprint density at radius 3 is 1.55 bits per heavy atom. The second kappa shape index (κ2) is 24.3. The zero-order chi connectivity index (χ0) is 36.0. The first-order valence-corrected chi connectivity index (χ1v) is 18.3. The lowest BCUT2D eigenvalue weighted by Gasteiger charge is -2.34. The van der Waals surface area contributed by atoms with Crippen LogP contribution in [0.15, 0.2) is 0 Å². The van der Waals surface area contributed by atoms with E-state index in [-0.39, 0.29) is 43.4 Å². The van der Waals surface area contributed by atoms with Crippen molar-refractivity contribution in [1.82, 2.24) is 40.4 Å². The Hall–Kier alpha value is -2.85. The number of unbranched alkanes of at least 4 members (excludes halogenated alkanes) is 1. The van der Waals surface area contributed by atoms with E-state index in [2.05, 4.69) is 51.4 Å². The van der Waals surface area contributed by atoms with Crippen molar-refractivity contribution in [3.63, 3.8) is 0 Å². The maximum absolute atomic E-state index is 13.1. The van der Waals surface area contributed by atoms with E-state index in [4.69, 9.17) is 0 Å². The Morgan fingerprint density at radius 1 is 0.592 bits per heavy atom. The second-order valence-electron chi connectivity index (χ2n) is 13.9. The molecule has 2 heterocycles. The molecule has 0 spiro atoms. The number of nitrogens with one attached hydrogen (secondary N) is 3. The summed E-state index contributed by atoms with van der Waals surface area (Å²) in [5.41, 5.74) is 0. The van der Waals surface area contributed by atoms with Gasteiger partial charge in [0.15, 0.2) is 0 Å². The molecule has 2 fully saturated rings. The molecule has 0 aromatic rings. The standard InChI is InChI=1S/C34H64N8O7/c1-4-38-16-18-40(20-21-42(27-34(48)49)23-22-41(19-17-38)26-33(46)47)25-32(45)37-29-10-14-39(15-11-29)24-31(44)36-12-6-5-9-30(43)35-13-7-8-28(2)3/h28-29H,4-27H2,1-3H3,(H,35,43)(H,36,44)(H,37,45)(H,46,47)(H,48,49). The third-order valence-electron chi connectivity index (χ3n) is 9.22. The minimum absolute atomic E-state index is 0.0245. The molecule has 282 valence electrons. The number of likely N-dealkylation sites (N-methyl/N-ethyl adjacent to an activating group) is 1. The Balaban J connectivity index is 1.71. The van der Waals surface area contributed by atoms with Crippen LogP contribution in [0, 0.1) is 5.92 Å². The summed E-state index contributed by atoms with van der Waals surface area (Å²) in [6, 6.07) is 0.0339. The van der Waals surface area contributed by atoms with Gasteiger partial charge in [-0.15, -0.1) is 0 Å². The minimum Gasteiger partial charge on any atom is -0.480 e. The van der Waals surface area contributed by atoms with E-state index in [0.717, 1.165) is 58.2 Å². The van der Waals surface area contributed by atoms with E-state index >= 15 is 0 Å². The van der Waals surface area contributed by atoms with Gasteiger partial charge in [-0.1, -0.05) is 20.8 Å². The van der Waals surface area contributed by atoms with Crippen molar-refractivity contribution in [3.05, 3.63) is 0 Å². The molecular formula is C34H64N8O7. The third kappa shape index (κ3) is 20.4. The summed E-state index contributed by atoms with van der Waals surface area (Å²) in [6.45, 7) is 14.7. The largest absolute Gasteiger partial charge is 0.480 e. The Bertz CT molecular complexity index is 1010. The fraction of sp³-hybridized carbons (Fsp3) is 0.853. The van der Waals surface area contributed by atoms with Gasteiger partial charge in [0.1, 0.15) is 0 Å². The molecule has 0 radical (unpaired) electrons. The van der Waals surface area contributed by atoms with Gasteiger partial charge in [-0.2, -0.15) is 0 Å². The summed E-state index contributed by atoms with van der Waals surface area (Å²) in [5, 5.41) is 27.9. The van der Waals surface area contributed by atoms with Crippen molar-refractivity contribution < 1.29 is 34.2 Å². The molecule has 2 aliphatic heterocycles. The number of amides is 3. The molecule has 2 saturated heterocycles. The number of likely N-dealkylation sites (tertiary alicyclic amines) is 1. The maximum atomic E-state index is 13.1. The van der Waals surface area contributed by atoms with Crippen LogP contribution < -0.4 is 16.0 Å². The molecule has 0 atom stereocenters. The number of carboxylic acid groups (broad SMARTS) is 2. The maximum Gasteiger partial charge on any atom is 0.317 e. The van der Waals surface area contributed by atoms with Gasteiger partial charge in [0.2, 0.25) is 17.7 Å². The zero-order valence-electron chi connectivity index (χ0n) is 30.3. The van der Waals surface area contributed by atoms with Crippen LogP contribution in [-0.4, -0.2) is 182 Å². The van der Waals surface area contributed by atoms with Crippen LogP contribution in [0.4, 0.5) is 0 Å². The molecule has 5 N–H and O–H groups in total. The lowest BCUT2D eigenvalue weighted by atomic mass is 10.0. The monoisotopic (exact) mass is 696 g/mol. The first-order valence-electron chi connectivity index (χ1n) is 18.3. The van der Waals surface area contributed by atoms with Crippen LogP contribution in [0.1, 0.15) is 65.7 Å². The van der Waals surface area contributed by atoms with E-state index in [0.29, 0.717) is 84.3 Å². The quantitative estimate of drug-likeness (QED) is 0.113. The molecule has 0 unspecified atom stereocenters. The average Bonchev–Trinajstić information content (AvgIpc) is 3.03. The zero-order valence-corrected chi connectivity index (χ0v) is 30.3. The first-order chi connectivity index (χ1) is 23.4. The smallest absolute Gasteiger partial charge is 0.317 e. The van der Waals surface area contributed by atoms with Crippen molar-refractivity contribution in [2.75, 3.05) is 111 Å². The van der Waals surface area contributed by atoms with Crippen LogP contribution >= 0.6 is 0 Å². The summed E-state index contributed by atoms with van der Waals surface area (Å²) in [6.07, 6.45) is 5.59. The number of carboxylic acids is 2. The van der Waals surface area contributed by atoms with E-state index in [1.807, 2.05) is 9.80 Å². The van der Waals surface area contributed by atoms with Crippen LogP contribution in [-0.2, 0) is 24.0 Å². The van der Waals surface area contributed by atoms with Crippen LogP contribution in [0.5, 0.6) is 0 Å². The number of rotatable bonds is 19. The second-order valence-corrected chi connectivity index (χ2v) is 13.9. The molecule has 15 nitrogen and oxygen atoms in total. The van der Waals surface area contributed by atoms with Gasteiger partial charge in [-0.3, -0.25) is 43.6 Å². The van der Waals surface area contributed by atoms with Gasteiger partial charge < -0.3 is 31.1 Å². The van der Waals surface area contributed by atoms with Gasteiger partial charge in [0, 0.05) is 91.0 Å². The molecule has 2 rings (SSSR count). The molecule has 49 heavy (non-hydrogen) atoms. The summed E-state index contributed by atoms with van der Waals surface area (Å²) in [5.74, 6) is -1.21. The molecule has 2 aliphatic rings. The molecule has 0 aromatic heterocycles. The fourth-order valence-electron chi connectivity index (χ4n) is 6.19. The lowest BCUT2D eigenvalue weighted by molar-refractivity contribution is -0.140. The number of piperidine rings is 1. The van der Waals surface area contributed by atoms with Gasteiger partial charge >= 0.3 is 11.9 Å². The molecule has 0 saturated carbocycles. The number of hydrogen-bond donors (Lipinski definition) is 5. The molecule has 0 aliphatic carbocycles. The highest BCUT2D eigenvalue weighted by Crippen LogP contribution is 2.10. The lowest BCUT2D eigenvalue weighted by Crippen LogP contribution is -2.51. The Kier molecular flexibility index (Phi) is 21.0. The van der Waals surface area contributed by atoms with Crippen LogP contribution in [0.25, 0.3) is 0 Å². The molecular weight excluding hydrogens is 632 g/mol. The minimum atomic E-state index is -0.939. The number of aliphatic carboxylic acids is 2. The molecule has 0 aromatic carbocycles. The van der Waals surface area contributed by atoms with Gasteiger partial charge in [-0.25, -0.2) is 0 Å². The SMILES string of the molecule is CCN1CCN(CC(=O)O)CCN(CC(=O)O)CCN(CC(=O)NC2CCN(CC(=O)NCCCCC(=O)NCCCC(C)C)CC2)CC1. The highest BCUT2D eigenvalue weighted by Gasteiger charge is 2.24. The van der Waals surface area contributed by atoms with E-state index in [1.165, 1.54) is 0 Å². The number of carbonyl (C=O) groups is 5. The van der Waals surface area contributed by atoms with Crippen molar-refractivity contribution in [3.8, 4) is 0 Å². The summed E-state index contributed by atoms with van der Waals surface area (Å²) in [4.78, 5) is 70.5. The van der Waals surface area contributed by atoms with Crippen molar-refractivity contribution in [2.45, 2.75) is 71.8 Å². The van der Waals surface area contributed by atoms with E-state index < -0.39 is 11.9 Å². The third-order valence-corrected chi connectivity index (χ3v) is 9.22. The highest BCUT2D eigenvalue weighted by atomic mass is 16.4. The van der Waals surface area contributed by atoms with E-state index in [1.54, 1.807) is 0 Å². The highest BCUT2D eigenvalue weighted by molar-refractivity contribution is 5.79. The van der Waals surface area contributed by atoms with Crippen molar-refractivity contribution in [1.29, 1.82) is 0 Å². The van der Waals surface area contributed by atoms with Gasteiger partial charge in [-0.05, 0) is 51.0 Å². The molecule has 15 heteroatoms. The molecule has 3 amide bonds. The average molecular weight is 697 g/mol. The van der Waals surface area contributed by atoms with E-state index in [9.17, 15) is 34.2 Å². The molecule has 0 bridgehead atoms. The Labute approximate surface area is 293 Å². The van der Waals surface area contributed by atoms with Gasteiger partial charge in [0.05, 0.1) is 26.2 Å². The summed E-state index contributed by atoms with van der Waals surface area (Å²) < 4.78 is 0. The van der Waals surface area contributed by atoms with Crippen molar-refractivity contribution in [2.24, 2.45) is 5.92 Å². The predicted octanol–water partition coefficient (Wildman–Crippen LogP) is -0.183. The fourth-order valence-corrected chi connectivity index (χ4v) is 6.19. The summed E-state index contributed by atoms with van der Waals surface area (Å²) in [7, 11) is 0. The predicted molar refractivity (Wildman–Crippen MR) is 188 cm³/mol. The normalized spacial score (nSPS) is 18.8. The Morgan fingerprint density at radius 2 is 1.04 bits per heavy atom. The number of carbonyl (C=O) groups excluding carboxylic acids is 3. The van der Waals surface area contributed by atoms with Crippen molar-refractivity contribution >= 4 is 29.7 Å².